The molecule has 0 saturated heterocycles. The predicted octanol–water partition coefficient (Wildman–Crippen LogP) is 3.34. The first-order valence-corrected chi connectivity index (χ1v) is 7.01. The van der Waals surface area contributed by atoms with Crippen LogP contribution in [0.4, 0.5) is 0 Å². The SMILES string of the molecule is O=C1CCC(NC(=O)c2cc(Br)ccc2Cl)CC1. The Morgan fingerprint density at radius 1 is 1.33 bits per heavy atom. The van der Waals surface area contributed by atoms with Gasteiger partial charge < -0.3 is 5.32 Å². The molecule has 1 aromatic rings. The minimum absolute atomic E-state index is 0.0743. The maximum absolute atomic E-state index is 12.1. The highest BCUT2D eigenvalue weighted by Crippen LogP contribution is 2.22. The van der Waals surface area contributed by atoms with E-state index in [1.54, 1.807) is 18.2 Å². The molecule has 0 bridgehead atoms. The average Bonchev–Trinajstić information content (AvgIpc) is 2.35. The third-order valence-electron chi connectivity index (χ3n) is 3.05. The zero-order valence-electron chi connectivity index (χ0n) is 9.71. The number of rotatable bonds is 2. The van der Waals surface area contributed by atoms with E-state index in [-0.39, 0.29) is 17.7 Å². The molecule has 1 saturated carbocycles. The van der Waals surface area contributed by atoms with Crippen LogP contribution in [-0.4, -0.2) is 17.7 Å². The standard InChI is InChI=1S/C13H13BrClNO2/c14-8-1-6-12(15)11(7-8)13(18)16-9-2-4-10(17)5-3-9/h1,6-7,9H,2-5H2,(H,16,18). The quantitative estimate of drug-likeness (QED) is 0.904. The molecule has 0 aliphatic heterocycles. The first kappa shape index (κ1) is 13.6. The van der Waals surface area contributed by atoms with Crippen LogP contribution in [0.15, 0.2) is 22.7 Å². The molecule has 1 N–H and O–H groups in total. The first-order valence-electron chi connectivity index (χ1n) is 5.84. The number of halogens is 2. The number of carbonyl (C=O) groups is 2. The summed E-state index contributed by atoms with van der Waals surface area (Å²) in [5, 5.41) is 3.36. The third kappa shape index (κ3) is 3.33. The number of benzene rings is 1. The molecule has 0 spiro atoms. The van der Waals surface area contributed by atoms with Gasteiger partial charge in [-0.25, -0.2) is 0 Å². The number of amides is 1. The van der Waals surface area contributed by atoms with Crippen molar-refractivity contribution in [1.82, 2.24) is 5.32 Å². The van der Waals surface area contributed by atoms with Gasteiger partial charge >= 0.3 is 0 Å². The molecule has 0 unspecified atom stereocenters. The second kappa shape index (κ2) is 5.85. The number of Topliss-reactive ketones (excluding diaryl/α,β-unsaturated/α-hetero) is 1. The number of hydrogen-bond donors (Lipinski definition) is 1. The van der Waals surface area contributed by atoms with E-state index in [1.807, 2.05) is 0 Å². The first-order chi connectivity index (χ1) is 8.56. The number of ketones is 1. The Hall–Kier alpha value is -0.870. The van der Waals surface area contributed by atoms with Crippen LogP contribution in [0.2, 0.25) is 5.02 Å². The van der Waals surface area contributed by atoms with Gasteiger partial charge in [-0.05, 0) is 31.0 Å². The number of nitrogens with one attached hydrogen (secondary N) is 1. The lowest BCUT2D eigenvalue weighted by atomic mass is 9.94. The van der Waals surface area contributed by atoms with Crippen molar-refractivity contribution < 1.29 is 9.59 Å². The molecule has 18 heavy (non-hydrogen) atoms. The topological polar surface area (TPSA) is 46.2 Å². The van der Waals surface area contributed by atoms with E-state index in [2.05, 4.69) is 21.2 Å². The molecule has 0 aromatic heterocycles. The second-order valence-corrected chi connectivity index (χ2v) is 5.73. The summed E-state index contributed by atoms with van der Waals surface area (Å²) in [4.78, 5) is 23.2. The Balaban J connectivity index is 2.03. The maximum Gasteiger partial charge on any atom is 0.253 e. The monoisotopic (exact) mass is 329 g/mol. The minimum Gasteiger partial charge on any atom is -0.349 e. The Kier molecular flexibility index (Phi) is 4.40. The molecule has 0 atom stereocenters. The smallest absolute Gasteiger partial charge is 0.253 e. The zero-order valence-corrected chi connectivity index (χ0v) is 12.1. The summed E-state index contributed by atoms with van der Waals surface area (Å²) in [6.45, 7) is 0. The molecule has 96 valence electrons. The minimum atomic E-state index is -0.180. The van der Waals surface area contributed by atoms with E-state index in [4.69, 9.17) is 11.6 Å². The van der Waals surface area contributed by atoms with Crippen LogP contribution >= 0.6 is 27.5 Å². The summed E-state index contributed by atoms with van der Waals surface area (Å²) in [5.74, 6) is 0.0987. The lowest BCUT2D eigenvalue weighted by Crippen LogP contribution is -2.37. The van der Waals surface area contributed by atoms with Gasteiger partial charge in [0.25, 0.3) is 5.91 Å². The van der Waals surface area contributed by atoms with Crippen LogP contribution < -0.4 is 5.32 Å². The molecule has 1 fully saturated rings. The summed E-state index contributed by atoms with van der Waals surface area (Å²) >= 11 is 9.31. The van der Waals surface area contributed by atoms with Gasteiger partial charge in [0.05, 0.1) is 10.6 Å². The summed E-state index contributed by atoms with van der Waals surface area (Å²) in [6, 6.07) is 5.25. The molecular formula is C13H13BrClNO2. The van der Waals surface area contributed by atoms with Crippen molar-refractivity contribution in [3.63, 3.8) is 0 Å². The van der Waals surface area contributed by atoms with Crippen LogP contribution in [-0.2, 0) is 4.79 Å². The maximum atomic E-state index is 12.1. The number of hydrogen-bond acceptors (Lipinski definition) is 2. The van der Waals surface area contributed by atoms with E-state index in [1.165, 1.54) is 0 Å². The fourth-order valence-corrected chi connectivity index (χ4v) is 2.58. The van der Waals surface area contributed by atoms with Crippen LogP contribution in [0.3, 0.4) is 0 Å². The summed E-state index contributed by atoms with van der Waals surface area (Å²) < 4.78 is 0.816. The van der Waals surface area contributed by atoms with Gasteiger partial charge in [-0.2, -0.15) is 0 Å². The molecule has 1 aliphatic carbocycles. The molecule has 2 rings (SSSR count). The predicted molar refractivity (Wildman–Crippen MR) is 73.9 cm³/mol. The van der Waals surface area contributed by atoms with Crippen LogP contribution in [0.25, 0.3) is 0 Å². The Morgan fingerprint density at radius 3 is 2.67 bits per heavy atom. The lowest BCUT2D eigenvalue weighted by Gasteiger charge is -2.22. The molecule has 1 aliphatic rings. The normalized spacial score (nSPS) is 16.7. The summed E-state index contributed by atoms with van der Waals surface area (Å²) in [5.41, 5.74) is 0.461. The van der Waals surface area contributed by atoms with Gasteiger partial charge in [-0.3, -0.25) is 9.59 Å². The van der Waals surface area contributed by atoms with Crippen molar-refractivity contribution in [3.8, 4) is 0 Å². The molecular weight excluding hydrogens is 318 g/mol. The van der Waals surface area contributed by atoms with Gasteiger partial charge in [0.1, 0.15) is 5.78 Å². The highest BCUT2D eigenvalue weighted by molar-refractivity contribution is 9.10. The molecule has 5 heteroatoms. The largest absolute Gasteiger partial charge is 0.349 e. The van der Waals surface area contributed by atoms with E-state index >= 15 is 0 Å². The Bertz CT molecular complexity index is 480. The van der Waals surface area contributed by atoms with Gasteiger partial charge in [-0.15, -0.1) is 0 Å². The Labute approximate surface area is 119 Å². The molecule has 0 heterocycles. The molecule has 1 aromatic carbocycles. The fourth-order valence-electron chi connectivity index (χ4n) is 2.02. The zero-order chi connectivity index (χ0) is 13.1. The van der Waals surface area contributed by atoms with E-state index < -0.39 is 0 Å². The van der Waals surface area contributed by atoms with E-state index in [0.29, 0.717) is 23.4 Å². The van der Waals surface area contributed by atoms with Crippen LogP contribution in [0.1, 0.15) is 36.0 Å². The van der Waals surface area contributed by atoms with Crippen LogP contribution in [0.5, 0.6) is 0 Å². The summed E-state index contributed by atoms with van der Waals surface area (Å²) in [6.07, 6.45) is 2.54. The van der Waals surface area contributed by atoms with Gasteiger partial charge in [0, 0.05) is 23.4 Å². The molecule has 0 radical (unpaired) electrons. The van der Waals surface area contributed by atoms with Crippen molar-refractivity contribution in [3.05, 3.63) is 33.3 Å². The highest BCUT2D eigenvalue weighted by Gasteiger charge is 2.21. The van der Waals surface area contributed by atoms with Crippen LogP contribution in [0, 0.1) is 0 Å². The van der Waals surface area contributed by atoms with Crippen molar-refractivity contribution >= 4 is 39.2 Å². The Morgan fingerprint density at radius 2 is 2.00 bits per heavy atom. The van der Waals surface area contributed by atoms with Gasteiger partial charge in [0.2, 0.25) is 0 Å². The second-order valence-electron chi connectivity index (χ2n) is 4.41. The van der Waals surface area contributed by atoms with Crippen molar-refractivity contribution in [2.24, 2.45) is 0 Å². The van der Waals surface area contributed by atoms with Crippen molar-refractivity contribution in [2.75, 3.05) is 0 Å². The fraction of sp³-hybridized carbons (Fsp3) is 0.385. The van der Waals surface area contributed by atoms with E-state index in [0.717, 1.165) is 17.3 Å². The third-order valence-corrected chi connectivity index (χ3v) is 3.87. The lowest BCUT2D eigenvalue weighted by molar-refractivity contribution is -0.120. The van der Waals surface area contributed by atoms with Crippen molar-refractivity contribution in [2.45, 2.75) is 31.7 Å². The highest BCUT2D eigenvalue weighted by atomic mass is 79.9. The van der Waals surface area contributed by atoms with Gasteiger partial charge in [0.15, 0.2) is 0 Å². The molecule has 3 nitrogen and oxygen atoms in total. The molecule has 1 amide bonds. The van der Waals surface area contributed by atoms with Gasteiger partial charge in [-0.1, -0.05) is 27.5 Å². The number of carbonyl (C=O) groups excluding carboxylic acids is 2. The average molecular weight is 331 g/mol. The van der Waals surface area contributed by atoms with E-state index in [9.17, 15) is 9.59 Å². The van der Waals surface area contributed by atoms with Crippen molar-refractivity contribution in [1.29, 1.82) is 0 Å². The summed E-state index contributed by atoms with van der Waals surface area (Å²) in [7, 11) is 0.